The standard InChI is InChI=1S/C58H76N2O2S8/c1-7-13-17-19-21-23-31-59-55(61)51(69-57(59)63)35-41-27-29-47(65-41)49-37-45-43(33-39(11-5)25-15-9-3)54-46(44(53(45)67-49)34-40(12-6)26-16-10-4)38-50(68-54)48-30-28-42(66-48)36-52-56(62)60(58(64)70-52)32-24-22-20-18-14-8-2/h27-30,35-40H,7-26,31-34H2,1-6H3/b51-35-,52-36-. The lowest BCUT2D eigenvalue weighted by atomic mass is 9.86. The number of hydrogen-bond donors (Lipinski definition) is 0. The van der Waals surface area contributed by atoms with Gasteiger partial charge in [-0.25, -0.2) is 0 Å². The second kappa shape index (κ2) is 27.9. The highest BCUT2D eigenvalue weighted by Gasteiger charge is 2.33. The average Bonchev–Trinajstić information content (AvgIpc) is 4.24. The molecule has 0 spiro atoms. The van der Waals surface area contributed by atoms with E-state index >= 15 is 0 Å². The Labute approximate surface area is 455 Å². The first kappa shape index (κ1) is 55.6. The highest BCUT2D eigenvalue weighted by molar-refractivity contribution is 8.27. The number of benzene rings is 1. The van der Waals surface area contributed by atoms with Gasteiger partial charge in [0.2, 0.25) is 0 Å². The molecule has 1 aromatic carbocycles. The predicted molar refractivity (Wildman–Crippen MR) is 324 cm³/mol. The van der Waals surface area contributed by atoms with Crippen LogP contribution in [-0.4, -0.2) is 43.3 Å². The van der Waals surface area contributed by atoms with Gasteiger partial charge in [-0.2, -0.15) is 0 Å². The van der Waals surface area contributed by atoms with E-state index in [1.54, 1.807) is 22.7 Å². The summed E-state index contributed by atoms with van der Waals surface area (Å²) in [7, 11) is 0. The molecule has 0 saturated carbocycles. The van der Waals surface area contributed by atoms with Crippen molar-refractivity contribution in [1.29, 1.82) is 0 Å². The lowest BCUT2D eigenvalue weighted by Gasteiger charge is -2.20. The smallest absolute Gasteiger partial charge is 0.266 e. The van der Waals surface area contributed by atoms with Gasteiger partial charge in [-0.15, -0.1) is 45.3 Å². The number of fused-ring (bicyclic) bond motifs is 2. The van der Waals surface area contributed by atoms with Gasteiger partial charge in [0.05, 0.1) is 9.81 Å². The molecule has 2 aliphatic heterocycles. The summed E-state index contributed by atoms with van der Waals surface area (Å²) >= 11 is 21.9. The molecular formula is C58H76N2O2S8. The van der Waals surface area contributed by atoms with E-state index in [0.717, 1.165) is 58.1 Å². The number of thioether (sulfide) groups is 2. The maximum Gasteiger partial charge on any atom is 0.266 e. The lowest BCUT2D eigenvalue weighted by molar-refractivity contribution is -0.123. The molecule has 0 radical (unpaired) electrons. The summed E-state index contributed by atoms with van der Waals surface area (Å²) in [6.45, 7) is 15.3. The summed E-state index contributed by atoms with van der Waals surface area (Å²) in [6.07, 6.45) is 30.4. The zero-order valence-electron chi connectivity index (χ0n) is 42.7. The summed E-state index contributed by atoms with van der Waals surface area (Å²) in [5.41, 5.74) is 3.04. The Balaban J connectivity index is 1.22. The average molecular weight is 1090 g/mol. The van der Waals surface area contributed by atoms with E-state index in [1.807, 2.05) is 32.5 Å². The predicted octanol–water partition coefficient (Wildman–Crippen LogP) is 20.2. The van der Waals surface area contributed by atoms with Crippen LogP contribution in [0.1, 0.15) is 191 Å². The van der Waals surface area contributed by atoms with Gasteiger partial charge in [-0.3, -0.25) is 19.4 Å². The van der Waals surface area contributed by atoms with Gasteiger partial charge in [-0.05, 0) is 108 Å². The molecule has 2 fully saturated rings. The van der Waals surface area contributed by atoms with Crippen molar-refractivity contribution in [1.82, 2.24) is 9.80 Å². The van der Waals surface area contributed by atoms with Gasteiger partial charge in [0.25, 0.3) is 11.8 Å². The second-order valence-electron chi connectivity index (χ2n) is 19.5. The van der Waals surface area contributed by atoms with Gasteiger partial charge in [0.15, 0.2) is 0 Å². The normalized spacial score (nSPS) is 16.5. The van der Waals surface area contributed by atoms with Crippen molar-refractivity contribution in [2.45, 2.75) is 183 Å². The van der Waals surface area contributed by atoms with Crippen LogP contribution in [0.5, 0.6) is 0 Å². The first-order valence-corrected chi connectivity index (χ1v) is 32.5. The van der Waals surface area contributed by atoms with E-state index in [0.29, 0.717) is 33.6 Å². The fraction of sp³-hybridized carbons (Fsp3) is 0.552. The van der Waals surface area contributed by atoms with E-state index in [9.17, 15) is 9.59 Å². The topological polar surface area (TPSA) is 40.6 Å². The van der Waals surface area contributed by atoms with Crippen molar-refractivity contribution < 1.29 is 9.59 Å². The maximum atomic E-state index is 13.6. The summed E-state index contributed by atoms with van der Waals surface area (Å²) in [6, 6.07) is 14.0. The molecule has 2 unspecified atom stereocenters. The van der Waals surface area contributed by atoms with Gasteiger partial charge >= 0.3 is 0 Å². The zero-order chi connectivity index (χ0) is 49.6. The van der Waals surface area contributed by atoms with Crippen LogP contribution in [-0.2, 0) is 22.4 Å². The molecule has 4 nitrogen and oxygen atoms in total. The molecular weight excluding hydrogens is 1010 g/mol. The molecule has 6 heterocycles. The van der Waals surface area contributed by atoms with Crippen LogP contribution in [0.15, 0.2) is 46.2 Å². The minimum absolute atomic E-state index is 0.0602. The highest BCUT2D eigenvalue weighted by Crippen LogP contribution is 2.50. The second-order valence-corrected chi connectivity index (χ2v) is 27.2. The first-order chi connectivity index (χ1) is 34.1. The molecule has 0 N–H and O–H groups in total. The quantitative estimate of drug-likeness (QED) is 0.0259. The van der Waals surface area contributed by atoms with Crippen LogP contribution in [0.4, 0.5) is 0 Å². The van der Waals surface area contributed by atoms with Gasteiger partial charge in [-0.1, -0.05) is 205 Å². The Kier molecular flexibility index (Phi) is 22.2. The number of unbranched alkanes of at least 4 members (excludes halogenated alkanes) is 12. The molecule has 5 aromatic rings. The van der Waals surface area contributed by atoms with Crippen molar-refractivity contribution in [3.63, 3.8) is 0 Å². The number of thiophene rings is 4. The third-order valence-electron chi connectivity index (χ3n) is 14.2. The Bertz CT molecular complexity index is 2390. The fourth-order valence-corrected chi connectivity index (χ4v) is 17.2. The number of carbonyl (C=O) groups excluding carboxylic acids is 2. The number of thiocarbonyl (C=S) groups is 2. The van der Waals surface area contributed by atoms with Crippen molar-refractivity contribution in [3.8, 4) is 19.5 Å². The van der Waals surface area contributed by atoms with Crippen LogP contribution in [0, 0.1) is 11.8 Å². The number of nitrogens with zero attached hydrogens (tertiary/aromatic N) is 2. The van der Waals surface area contributed by atoms with Gasteiger partial charge in [0, 0.05) is 51.8 Å². The van der Waals surface area contributed by atoms with Crippen molar-refractivity contribution in [2.75, 3.05) is 13.1 Å². The van der Waals surface area contributed by atoms with Crippen molar-refractivity contribution >= 4 is 146 Å². The Morgan fingerprint density at radius 1 is 0.486 bits per heavy atom. The van der Waals surface area contributed by atoms with Crippen LogP contribution >= 0.6 is 93.3 Å². The van der Waals surface area contributed by atoms with E-state index in [4.69, 9.17) is 24.4 Å². The molecule has 7 rings (SSSR count). The third kappa shape index (κ3) is 14.2. The summed E-state index contributed by atoms with van der Waals surface area (Å²) in [5.74, 6) is 1.37. The molecule has 12 heteroatoms. The Morgan fingerprint density at radius 3 is 1.26 bits per heavy atom. The molecule has 2 aliphatic rings. The van der Waals surface area contributed by atoms with Crippen LogP contribution < -0.4 is 0 Å². The third-order valence-corrected chi connectivity index (χ3v) is 21.8. The molecule has 70 heavy (non-hydrogen) atoms. The van der Waals surface area contributed by atoms with Crippen molar-refractivity contribution in [3.05, 3.63) is 67.1 Å². The summed E-state index contributed by atoms with van der Waals surface area (Å²) in [4.78, 5) is 39.7. The van der Waals surface area contributed by atoms with Crippen molar-refractivity contribution in [2.24, 2.45) is 11.8 Å². The SMILES string of the molecule is CCCCCCCCN1C(=O)/C(=C/c2ccc(-c3cc4c(CC(CC)CCCC)c5sc(-c6ccc(/C=C7\SC(=S)N(CCCCCCCC)C7=O)s6)cc5c(CC(CC)CCCC)c4s3)s2)SC1=S. The van der Waals surface area contributed by atoms with E-state index in [-0.39, 0.29) is 11.8 Å². The number of carbonyl (C=O) groups is 2. The molecule has 2 amide bonds. The van der Waals surface area contributed by atoms with Gasteiger partial charge in [0.1, 0.15) is 8.64 Å². The highest BCUT2D eigenvalue weighted by atomic mass is 32.2. The molecule has 0 bridgehead atoms. The summed E-state index contributed by atoms with van der Waals surface area (Å²) in [5, 5.41) is 2.88. The number of amides is 2. The van der Waals surface area contributed by atoms with E-state index < -0.39 is 0 Å². The maximum absolute atomic E-state index is 13.6. The van der Waals surface area contributed by atoms with E-state index in [1.165, 1.54) is 177 Å². The molecule has 4 aromatic heterocycles. The minimum atomic E-state index is 0.0602. The van der Waals surface area contributed by atoms with Crippen LogP contribution in [0.25, 0.3) is 51.8 Å². The number of rotatable bonds is 30. The molecule has 2 saturated heterocycles. The fourth-order valence-electron chi connectivity index (χ4n) is 9.91. The molecule has 378 valence electrons. The largest absolute Gasteiger partial charge is 0.293 e. The zero-order valence-corrected chi connectivity index (χ0v) is 49.3. The van der Waals surface area contributed by atoms with E-state index in [2.05, 4.69) is 90.1 Å². The van der Waals surface area contributed by atoms with Crippen LogP contribution in [0.3, 0.4) is 0 Å². The molecule has 0 aliphatic carbocycles. The first-order valence-electron chi connectivity index (χ1n) is 26.8. The monoisotopic (exact) mass is 1090 g/mol. The van der Waals surface area contributed by atoms with Gasteiger partial charge < -0.3 is 0 Å². The minimum Gasteiger partial charge on any atom is -0.293 e. The Hall–Kier alpha value is -2.16. The Morgan fingerprint density at radius 2 is 0.871 bits per heavy atom. The molecule has 2 atom stereocenters. The van der Waals surface area contributed by atoms with Crippen LogP contribution in [0.2, 0.25) is 0 Å². The number of hydrogen-bond acceptors (Lipinski definition) is 10. The summed E-state index contributed by atoms with van der Waals surface area (Å²) < 4.78 is 4.30. The lowest BCUT2D eigenvalue weighted by Crippen LogP contribution is -2.28.